The van der Waals surface area contributed by atoms with Gasteiger partial charge in [0.2, 0.25) is 0 Å². The highest BCUT2D eigenvalue weighted by atomic mass is 32.2. The minimum atomic E-state index is -0.0286. The van der Waals surface area contributed by atoms with Crippen LogP contribution in [0.2, 0.25) is 0 Å². The number of carbonyl (C=O) groups excluding carboxylic acids is 1. The molecule has 5 nitrogen and oxygen atoms in total. The fourth-order valence-corrected chi connectivity index (χ4v) is 7.11. The summed E-state index contributed by atoms with van der Waals surface area (Å²) in [5, 5.41) is 9.51. The number of benzene rings is 1. The lowest BCUT2D eigenvalue weighted by molar-refractivity contribution is -0.141. The Labute approximate surface area is 170 Å². The Morgan fingerprint density at radius 2 is 1.71 bits per heavy atom. The van der Waals surface area contributed by atoms with Gasteiger partial charge < -0.3 is 9.30 Å². The van der Waals surface area contributed by atoms with Crippen LogP contribution in [-0.2, 0) is 11.8 Å². The molecule has 1 aromatic heterocycles. The highest BCUT2D eigenvalue weighted by Gasteiger charge is 2.54. The number of methoxy groups -OCH3 is 1. The summed E-state index contributed by atoms with van der Waals surface area (Å²) in [6.07, 6.45) is 7.51. The zero-order valence-electron chi connectivity index (χ0n) is 16.6. The fourth-order valence-electron chi connectivity index (χ4n) is 6.17. The molecule has 0 N–H and O–H groups in total. The molecule has 1 heterocycles. The van der Waals surface area contributed by atoms with Crippen molar-refractivity contribution in [2.75, 3.05) is 12.9 Å². The maximum absolute atomic E-state index is 13.2. The van der Waals surface area contributed by atoms with Crippen LogP contribution < -0.4 is 4.74 Å². The molecule has 0 saturated heterocycles. The van der Waals surface area contributed by atoms with Gasteiger partial charge in [-0.05, 0) is 80.5 Å². The zero-order chi connectivity index (χ0) is 19.3. The average molecular weight is 398 g/mol. The lowest BCUT2D eigenvalue weighted by atomic mass is 9.48. The second-order valence-corrected chi connectivity index (χ2v) is 9.95. The second-order valence-electron chi connectivity index (χ2n) is 9.00. The van der Waals surface area contributed by atoms with Crippen LogP contribution in [0.25, 0.3) is 11.4 Å². The number of nitrogens with zero attached hydrogens (tertiary/aromatic N) is 3. The van der Waals surface area contributed by atoms with E-state index in [1.165, 1.54) is 19.3 Å². The summed E-state index contributed by atoms with van der Waals surface area (Å²) in [6, 6.07) is 7.82. The molecular weight excluding hydrogens is 370 g/mol. The summed E-state index contributed by atoms with van der Waals surface area (Å²) in [6.45, 7) is 0. The number of carbonyl (C=O) groups is 1. The van der Waals surface area contributed by atoms with Crippen LogP contribution in [0.4, 0.5) is 0 Å². The van der Waals surface area contributed by atoms with E-state index in [9.17, 15) is 4.79 Å². The van der Waals surface area contributed by atoms with Crippen molar-refractivity contribution in [3.05, 3.63) is 24.3 Å². The third-order valence-electron chi connectivity index (χ3n) is 7.15. The number of ether oxygens (including phenoxy) is 1. The van der Waals surface area contributed by atoms with Crippen molar-refractivity contribution in [3.63, 3.8) is 0 Å². The summed E-state index contributed by atoms with van der Waals surface area (Å²) in [5.74, 6) is 5.01. The van der Waals surface area contributed by atoms with Gasteiger partial charge in [-0.3, -0.25) is 4.79 Å². The summed E-state index contributed by atoms with van der Waals surface area (Å²) >= 11 is 1.54. The lowest BCUT2D eigenvalue weighted by Crippen LogP contribution is -2.50. The highest BCUT2D eigenvalue weighted by molar-refractivity contribution is 7.99. The maximum atomic E-state index is 13.2. The van der Waals surface area contributed by atoms with Gasteiger partial charge in [0.05, 0.1) is 12.9 Å². The van der Waals surface area contributed by atoms with Crippen LogP contribution in [0.5, 0.6) is 5.75 Å². The minimum absolute atomic E-state index is 0.0286. The molecular formula is C22H27N3O2S. The van der Waals surface area contributed by atoms with Crippen molar-refractivity contribution in [3.8, 4) is 17.1 Å². The molecule has 0 amide bonds. The van der Waals surface area contributed by atoms with E-state index >= 15 is 0 Å². The molecule has 4 aliphatic carbocycles. The standard InChI is InChI=1S/C22H27N3O2S/c1-25-20(17-3-5-18(27-2)6-4-17)23-24-21(25)28-13-19(26)22-10-14-7-15(11-22)9-16(8-14)12-22/h3-6,14-16H,7-13H2,1-2H3. The van der Waals surface area contributed by atoms with Crippen molar-refractivity contribution in [2.24, 2.45) is 30.2 Å². The van der Waals surface area contributed by atoms with Gasteiger partial charge in [-0.15, -0.1) is 10.2 Å². The SMILES string of the molecule is COc1ccc(-c2nnc(SCC(=O)C34CC5CC(CC(C5)C3)C4)n2C)cc1. The Hall–Kier alpha value is -1.82. The van der Waals surface area contributed by atoms with E-state index in [4.69, 9.17) is 4.74 Å². The molecule has 4 aliphatic rings. The summed E-state index contributed by atoms with van der Waals surface area (Å²) in [5.41, 5.74) is 0.967. The minimum Gasteiger partial charge on any atom is -0.497 e. The first-order valence-corrected chi connectivity index (χ1v) is 11.2. The maximum Gasteiger partial charge on any atom is 0.191 e. The summed E-state index contributed by atoms with van der Waals surface area (Å²) < 4.78 is 7.21. The Kier molecular flexibility index (Phi) is 4.49. The smallest absolute Gasteiger partial charge is 0.191 e. The number of hydrogen-bond donors (Lipinski definition) is 0. The van der Waals surface area contributed by atoms with Crippen molar-refractivity contribution in [1.29, 1.82) is 0 Å². The predicted octanol–water partition coefficient (Wildman–Crippen LogP) is 4.37. The number of aromatic nitrogens is 3. The molecule has 6 heteroatoms. The Balaban J connectivity index is 1.28. The first kappa shape index (κ1) is 18.2. The largest absolute Gasteiger partial charge is 0.497 e. The molecule has 0 unspecified atom stereocenters. The number of hydrogen-bond acceptors (Lipinski definition) is 5. The monoisotopic (exact) mass is 397 g/mol. The van der Waals surface area contributed by atoms with Crippen LogP contribution in [0.3, 0.4) is 0 Å². The van der Waals surface area contributed by atoms with Crippen molar-refractivity contribution in [2.45, 2.75) is 43.7 Å². The lowest BCUT2D eigenvalue weighted by Gasteiger charge is -2.56. The molecule has 0 atom stereocenters. The molecule has 4 bridgehead atoms. The highest BCUT2D eigenvalue weighted by Crippen LogP contribution is 2.60. The van der Waals surface area contributed by atoms with Crippen molar-refractivity contribution in [1.82, 2.24) is 14.8 Å². The number of rotatable bonds is 6. The van der Waals surface area contributed by atoms with Gasteiger partial charge in [-0.25, -0.2) is 0 Å². The Morgan fingerprint density at radius 3 is 2.29 bits per heavy atom. The van der Waals surface area contributed by atoms with E-state index in [1.807, 2.05) is 35.9 Å². The van der Waals surface area contributed by atoms with Gasteiger partial charge >= 0.3 is 0 Å². The van der Waals surface area contributed by atoms with Gasteiger partial charge in [-0.1, -0.05) is 11.8 Å². The number of ketones is 1. The summed E-state index contributed by atoms with van der Waals surface area (Å²) in [4.78, 5) is 13.2. The molecule has 1 aromatic carbocycles. The Morgan fingerprint density at radius 1 is 1.11 bits per heavy atom. The molecule has 4 fully saturated rings. The van der Waals surface area contributed by atoms with Crippen molar-refractivity contribution >= 4 is 17.5 Å². The fraction of sp³-hybridized carbons (Fsp3) is 0.591. The van der Waals surface area contributed by atoms with E-state index in [0.29, 0.717) is 11.5 Å². The number of Topliss-reactive ketones (excluding diaryl/α,β-unsaturated/α-hetero) is 1. The molecule has 2 aromatic rings. The molecule has 0 aliphatic heterocycles. The molecule has 0 spiro atoms. The normalized spacial score (nSPS) is 30.6. The zero-order valence-corrected chi connectivity index (χ0v) is 17.4. The number of thioether (sulfide) groups is 1. The van der Waals surface area contributed by atoms with Crippen LogP contribution in [-0.4, -0.2) is 33.4 Å². The first-order chi connectivity index (χ1) is 13.6. The Bertz CT molecular complexity index is 854. The van der Waals surface area contributed by atoms with Crippen LogP contribution in [0.1, 0.15) is 38.5 Å². The molecule has 148 valence electrons. The second kappa shape index (κ2) is 6.90. The van der Waals surface area contributed by atoms with E-state index in [1.54, 1.807) is 18.9 Å². The van der Waals surface area contributed by atoms with Crippen LogP contribution in [0.15, 0.2) is 29.4 Å². The van der Waals surface area contributed by atoms with E-state index in [2.05, 4.69) is 10.2 Å². The quantitative estimate of drug-likeness (QED) is 0.678. The molecule has 0 radical (unpaired) electrons. The van der Waals surface area contributed by atoms with Gasteiger partial charge in [0.25, 0.3) is 0 Å². The van der Waals surface area contributed by atoms with Crippen LogP contribution in [0, 0.1) is 23.2 Å². The topological polar surface area (TPSA) is 57.0 Å². The van der Waals surface area contributed by atoms with Gasteiger partial charge in [0.1, 0.15) is 11.5 Å². The van der Waals surface area contributed by atoms with Crippen molar-refractivity contribution < 1.29 is 9.53 Å². The third kappa shape index (κ3) is 3.06. The van der Waals surface area contributed by atoms with E-state index in [0.717, 1.165) is 59.3 Å². The van der Waals surface area contributed by atoms with Gasteiger partial charge in [-0.2, -0.15) is 0 Å². The van der Waals surface area contributed by atoms with E-state index < -0.39 is 0 Å². The molecule has 4 saturated carbocycles. The molecule has 28 heavy (non-hydrogen) atoms. The van der Waals surface area contributed by atoms with Gasteiger partial charge in [0.15, 0.2) is 11.0 Å². The van der Waals surface area contributed by atoms with E-state index in [-0.39, 0.29) is 5.41 Å². The molecule has 6 rings (SSSR count). The predicted molar refractivity (Wildman–Crippen MR) is 109 cm³/mol. The summed E-state index contributed by atoms with van der Waals surface area (Å²) in [7, 11) is 3.63. The van der Waals surface area contributed by atoms with Gasteiger partial charge in [0, 0.05) is 18.0 Å². The third-order valence-corrected chi connectivity index (χ3v) is 8.17. The first-order valence-electron chi connectivity index (χ1n) is 10.3. The van der Waals surface area contributed by atoms with Crippen LogP contribution >= 0.6 is 11.8 Å². The average Bonchev–Trinajstić information content (AvgIpc) is 3.05.